The molecule has 158 valence electrons. The van der Waals surface area contributed by atoms with E-state index in [2.05, 4.69) is 15.0 Å². The lowest BCUT2D eigenvalue weighted by molar-refractivity contribution is 0.147. The Morgan fingerprint density at radius 2 is 1.83 bits per heavy atom. The van der Waals surface area contributed by atoms with Gasteiger partial charge in [-0.15, -0.1) is 4.98 Å². The van der Waals surface area contributed by atoms with Crippen molar-refractivity contribution in [2.24, 2.45) is 0 Å². The maximum Gasteiger partial charge on any atom is 0.528 e. The van der Waals surface area contributed by atoms with Gasteiger partial charge in [0, 0.05) is 7.05 Å². The van der Waals surface area contributed by atoms with Crippen LogP contribution in [0.3, 0.4) is 0 Å². The Kier molecular flexibility index (Phi) is 5.99. The average Bonchev–Trinajstić information content (AvgIpc) is 2.74. The molecule has 0 unspecified atom stereocenters. The summed E-state index contributed by atoms with van der Waals surface area (Å²) >= 11 is 0. The highest BCUT2D eigenvalue weighted by atomic mass is 32.2. The lowest BCUT2D eigenvalue weighted by atomic mass is 10.2. The fourth-order valence-corrected chi connectivity index (χ4v) is 3.74. The highest BCUT2D eigenvalue weighted by Gasteiger charge is 2.37. The second-order valence-electron chi connectivity index (χ2n) is 7.28. The maximum absolute atomic E-state index is 12.9. The summed E-state index contributed by atoms with van der Waals surface area (Å²) in [6, 6.07) is 6.46. The Hall–Kier alpha value is -3.11. The zero-order valence-electron chi connectivity index (χ0n) is 17.3. The molecule has 0 aliphatic heterocycles. The molecule has 0 spiro atoms. The standard InChI is InChI=1S/C20H24N5O4S/c1-15-10-12-17(13-11-15)30(27,28)24(2)18-21-14-22-19(23-18)25(3,4)20(26)29-16-8-6-5-7-9-16/h6,8-14H,5,7H2,1-4H3/q+1. The van der Waals surface area contributed by atoms with Crippen LogP contribution in [0.1, 0.15) is 18.4 Å². The fraction of sp³-hybridized carbons (Fsp3) is 0.300. The van der Waals surface area contributed by atoms with E-state index in [0.29, 0.717) is 5.76 Å². The minimum atomic E-state index is -3.87. The first-order valence-electron chi connectivity index (χ1n) is 9.30. The number of hydrogen-bond acceptors (Lipinski definition) is 7. The molecule has 0 bridgehead atoms. The molecule has 0 radical (unpaired) electrons. The summed E-state index contributed by atoms with van der Waals surface area (Å²) in [6.45, 7) is 1.87. The largest absolute Gasteiger partial charge is 0.528 e. The van der Waals surface area contributed by atoms with E-state index in [1.165, 1.54) is 25.5 Å². The summed E-state index contributed by atoms with van der Waals surface area (Å²) in [7, 11) is 0.594. The molecule has 1 aromatic carbocycles. The van der Waals surface area contributed by atoms with E-state index >= 15 is 0 Å². The Bertz CT molecular complexity index is 1110. The number of sulfonamides is 1. The quantitative estimate of drug-likeness (QED) is 0.672. The van der Waals surface area contributed by atoms with E-state index in [4.69, 9.17) is 4.74 Å². The number of amides is 1. The number of quaternary nitrogens is 1. The number of carbonyl (C=O) groups excluding carboxylic acids is 1. The van der Waals surface area contributed by atoms with Crippen LogP contribution >= 0.6 is 0 Å². The first-order valence-corrected chi connectivity index (χ1v) is 10.7. The van der Waals surface area contributed by atoms with Gasteiger partial charge in [0.1, 0.15) is 12.1 Å². The maximum atomic E-state index is 12.9. The van der Waals surface area contributed by atoms with Crippen molar-refractivity contribution in [3.63, 3.8) is 0 Å². The molecule has 1 aromatic heterocycles. The van der Waals surface area contributed by atoms with Crippen molar-refractivity contribution in [3.8, 4) is 0 Å². The van der Waals surface area contributed by atoms with Gasteiger partial charge in [-0.1, -0.05) is 23.8 Å². The minimum Gasteiger partial charge on any atom is -0.381 e. The van der Waals surface area contributed by atoms with Gasteiger partial charge < -0.3 is 4.74 Å². The van der Waals surface area contributed by atoms with Crippen LogP contribution < -0.4 is 8.79 Å². The van der Waals surface area contributed by atoms with Crippen molar-refractivity contribution < 1.29 is 17.9 Å². The van der Waals surface area contributed by atoms with E-state index in [9.17, 15) is 13.2 Å². The van der Waals surface area contributed by atoms with Gasteiger partial charge >= 0.3 is 12.0 Å². The first kappa shape index (κ1) is 21.6. The van der Waals surface area contributed by atoms with Crippen LogP contribution in [0.15, 0.2) is 59.5 Å². The van der Waals surface area contributed by atoms with E-state index < -0.39 is 20.6 Å². The highest BCUT2D eigenvalue weighted by molar-refractivity contribution is 7.92. The number of ether oxygens (including phenoxy) is 1. The molecule has 1 aliphatic rings. The summed E-state index contributed by atoms with van der Waals surface area (Å²) in [5.41, 5.74) is 0.944. The molecular weight excluding hydrogens is 406 g/mol. The number of rotatable bonds is 5. The molecule has 1 heterocycles. The number of aryl methyl sites for hydroxylation is 1. The number of anilines is 1. The summed E-state index contributed by atoms with van der Waals surface area (Å²) in [6.07, 6.45) is 7.76. The van der Waals surface area contributed by atoms with Crippen molar-refractivity contribution in [1.82, 2.24) is 19.4 Å². The van der Waals surface area contributed by atoms with Gasteiger partial charge in [0.05, 0.1) is 19.0 Å². The van der Waals surface area contributed by atoms with E-state index in [1.54, 1.807) is 32.3 Å². The second-order valence-corrected chi connectivity index (χ2v) is 9.25. The molecule has 0 saturated carbocycles. The molecule has 3 rings (SSSR count). The zero-order chi connectivity index (χ0) is 21.9. The molecule has 0 N–H and O–H groups in total. The third kappa shape index (κ3) is 4.39. The highest BCUT2D eigenvalue weighted by Crippen LogP contribution is 2.23. The molecule has 1 aliphatic carbocycles. The number of aromatic nitrogens is 3. The third-order valence-electron chi connectivity index (χ3n) is 4.63. The van der Waals surface area contributed by atoms with Crippen LogP contribution in [0, 0.1) is 6.92 Å². The molecule has 0 saturated heterocycles. The predicted octanol–water partition coefficient (Wildman–Crippen LogP) is 2.94. The monoisotopic (exact) mass is 430 g/mol. The van der Waals surface area contributed by atoms with Gasteiger partial charge in [-0.3, -0.25) is 0 Å². The number of hydrogen-bond donors (Lipinski definition) is 0. The van der Waals surface area contributed by atoms with Crippen molar-refractivity contribution in [1.29, 1.82) is 0 Å². The van der Waals surface area contributed by atoms with Gasteiger partial charge in [0.2, 0.25) is 5.95 Å². The number of benzene rings is 1. The summed E-state index contributed by atoms with van der Waals surface area (Å²) in [5, 5.41) is 0. The fourth-order valence-electron chi connectivity index (χ4n) is 2.64. The molecule has 9 nitrogen and oxygen atoms in total. The van der Waals surface area contributed by atoms with E-state index in [-0.39, 0.29) is 16.8 Å². The van der Waals surface area contributed by atoms with Crippen LogP contribution in [0.5, 0.6) is 0 Å². The van der Waals surface area contributed by atoms with E-state index in [1.807, 2.05) is 19.1 Å². The zero-order valence-corrected chi connectivity index (χ0v) is 18.1. The molecule has 0 fully saturated rings. The van der Waals surface area contributed by atoms with Crippen LogP contribution in [-0.2, 0) is 14.8 Å². The Morgan fingerprint density at radius 1 is 1.13 bits per heavy atom. The number of allylic oxidation sites excluding steroid dienone is 3. The van der Waals surface area contributed by atoms with Crippen molar-refractivity contribution in [2.75, 3.05) is 25.4 Å². The average molecular weight is 431 g/mol. The van der Waals surface area contributed by atoms with Crippen LogP contribution in [-0.4, -0.2) is 50.6 Å². The lowest BCUT2D eigenvalue weighted by Gasteiger charge is -2.24. The summed E-state index contributed by atoms with van der Waals surface area (Å²) in [5.74, 6) is 0.415. The van der Waals surface area contributed by atoms with Gasteiger partial charge in [-0.25, -0.2) is 12.7 Å². The van der Waals surface area contributed by atoms with Gasteiger partial charge in [0.15, 0.2) is 0 Å². The van der Waals surface area contributed by atoms with Crippen LogP contribution in [0.25, 0.3) is 0 Å². The topological polar surface area (TPSA) is 102 Å². The van der Waals surface area contributed by atoms with Gasteiger partial charge in [-0.05, 0) is 44.1 Å². The van der Waals surface area contributed by atoms with E-state index in [0.717, 1.165) is 22.7 Å². The third-order valence-corrected chi connectivity index (χ3v) is 6.38. The predicted molar refractivity (Wildman–Crippen MR) is 113 cm³/mol. The van der Waals surface area contributed by atoms with Crippen LogP contribution in [0.2, 0.25) is 0 Å². The molecule has 30 heavy (non-hydrogen) atoms. The SMILES string of the molecule is Cc1ccc(S(=O)(=O)N(C)c2ncnc([N+](C)(C)C(=O)OC3=CCCC=C3)n2)cc1. The number of nitrogens with zero attached hydrogens (tertiary/aromatic N) is 5. The summed E-state index contributed by atoms with van der Waals surface area (Å²) in [4.78, 5) is 25.1. The van der Waals surface area contributed by atoms with Crippen molar-refractivity contribution in [2.45, 2.75) is 24.7 Å². The van der Waals surface area contributed by atoms with Crippen molar-refractivity contribution >= 4 is 28.0 Å². The Labute approximate surface area is 176 Å². The molecule has 1 amide bonds. The molecule has 2 aromatic rings. The summed E-state index contributed by atoms with van der Waals surface area (Å²) < 4.78 is 31.8. The molecule has 0 atom stereocenters. The van der Waals surface area contributed by atoms with Crippen LogP contribution in [0.4, 0.5) is 16.7 Å². The van der Waals surface area contributed by atoms with Crippen molar-refractivity contribution in [3.05, 3.63) is 60.1 Å². The lowest BCUT2D eigenvalue weighted by Crippen LogP contribution is -2.48. The molecular formula is C20H24N5O4S+. The Morgan fingerprint density at radius 3 is 2.47 bits per heavy atom. The molecule has 10 heteroatoms. The Balaban J connectivity index is 1.87. The second kappa shape index (κ2) is 8.33. The normalized spacial score (nSPS) is 14.2. The number of carbonyl (C=O) groups is 1. The smallest absolute Gasteiger partial charge is 0.381 e. The minimum absolute atomic E-state index is 0.0522. The first-order chi connectivity index (χ1) is 14.1. The van der Waals surface area contributed by atoms with Gasteiger partial charge in [0.25, 0.3) is 10.0 Å². The van der Waals surface area contributed by atoms with Gasteiger partial charge in [-0.2, -0.15) is 19.2 Å².